The van der Waals surface area contributed by atoms with Crippen LogP contribution in [0.15, 0.2) is 92.5 Å². The highest BCUT2D eigenvalue weighted by Crippen LogP contribution is 2.19. The van der Waals surface area contributed by atoms with Crippen LogP contribution in [0.4, 0.5) is 0 Å². The second-order valence-corrected chi connectivity index (χ2v) is 9.70. The van der Waals surface area contributed by atoms with Crippen molar-refractivity contribution in [2.75, 3.05) is 26.4 Å². The van der Waals surface area contributed by atoms with Crippen LogP contribution >= 0.6 is 0 Å². The third kappa shape index (κ3) is 10.4. The van der Waals surface area contributed by atoms with Crippen molar-refractivity contribution < 1.29 is 18.9 Å². The molecule has 0 bridgehead atoms. The first-order chi connectivity index (χ1) is 19.1. The Kier molecular flexibility index (Phi) is 12.9. The molecule has 206 valence electrons. The molecular formula is C35H42O4. The number of hydrogen-bond acceptors (Lipinski definition) is 4. The molecule has 0 amide bonds. The molecule has 0 saturated heterocycles. The lowest BCUT2D eigenvalue weighted by Gasteiger charge is -2.33. The number of benzene rings is 3. The Balaban J connectivity index is 1.68. The minimum absolute atomic E-state index is 0.352. The van der Waals surface area contributed by atoms with Gasteiger partial charge in [-0.2, -0.15) is 0 Å². The molecule has 0 aliphatic rings. The van der Waals surface area contributed by atoms with Gasteiger partial charge in [0, 0.05) is 6.61 Å². The van der Waals surface area contributed by atoms with Crippen molar-refractivity contribution in [3.63, 3.8) is 0 Å². The fourth-order valence-electron chi connectivity index (χ4n) is 4.00. The van der Waals surface area contributed by atoms with Gasteiger partial charge >= 0.3 is 0 Å². The Morgan fingerprint density at radius 3 is 1.18 bits per heavy atom. The Morgan fingerprint density at radius 1 is 0.564 bits per heavy atom. The lowest BCUT2D eigenvalue weighted by Crippen LogP contribution is -2.47. The van der Waals surface area contributed by atoms with Crippen LogP contribution < -0.4 is 0 Å². The third-order valence-electron chi connectivity index (χ3n) is 6.45. The lowest BCUT2D eigenvalue weighted by atomic mass is 10.1. The Morgan fingerprint density at radius 2 is 0.897 bits per heavy atom. The highest BCUT2D eigenvalue weighted by Gasteiger charge is 2.33. The molecule has 0 aliphatic heterocycles. The molecule has 0 aliphatic carbocycles. The molecule has 0 radical (unpaired) electrons. The normalized spacial score (nSPS) is 11.3. The summed E-state index contributed by atoms with van der Waals surface area (Å²) in [5, 5.41) is 0. The SMILES string of the molecule is C=Cc1ccc(COCC(COCc2ccc(C=C)cc2)(COCc2ccc(C=C)cc2)OCCCC)cc1. The van der Waals surface area contributed by atoms with Gasteiger partial charge in [-0.05, 0) is 39.8 Å². The molecule has 39 heavy (non-hydrogen) atoms. The van der Waals surface area contributed by atoms with Crippen molar-refractivity contribution in [1.82, 2.24) is 0 Å². The van der Waals surface area contributed by atoms with E-state index >= 15 is 0 Å². The first kappa shape index (κ1) is 30.3. The fraction of sp³-hybridized carbons (Fsp3) is 0.314. The first-order valence-corrected chi connectivity index (χ1v) is 13.6. The molecular weight excluding hydrogens is 484 g/mol. The van der Waals surface area contributed by atoms with E-state index < -0.39 is 5.60 Å². The van der Waals surface area contributed by atoms with E-state index in [2.05, 4.69) is 63.1 Å². The number of ether oxygens (including phenoxy) is 4. The minimum atomic E-state index is -0.738. The summed E-state index contributed by atoms with van der Waals surface area (Å²) in [6, 6.07) is 24.6. The number of unbranched alkanes of at least 4 members (excludes halogenated alkanes) is 1. The summed E-state index contributed by atoms with van der Waals surface area (Å²) in [6.45, 7) is 16.7. The van der Waals surface area contributed by atoms with E-state index in [1.807, 2.05) is 54.6 Å². The van der Waals surface area contributed by atoms with Crippen molar-refractivity contribution in [3.8, 4) is 0 Å². The fourth-order valence-corrected chi connectivity index (χ4v) is 4.00. The van der Waals surface area contributed by atoms with Crippen LogP contribution in [0.5, 0.6) is 0 Å². The zero-order valence-electron chi connectivity index (χ0n) is 23.3. The summed E-state index contributed by atoms with van der Waals surface area (Å²) in [5.41, 5.74) is 5.79. The summed E-state index contributed by atoms with van der Waals surface area (Å²) in [6.07, 6.45) is 7.50. The topological polar surface area (TPSA) is 36.9 Å². The molecule has 0 heterocycles. The molecule has 0 fully saturated rings. The van der Waals surface area contributed by atoms with E-state index in [4.69, 9.17) is 18.9 Å². The van der Waals surface area contributed by atoms with Gasteiger partial charge in [-0.1, -0.05) is 124 Å². The van der Waals surface area contributed by atoms with Crippen molar-refractivity contribution in [1.29, 1.82) is 0 Å². The van der Waals surface area contributed by atoms with Gasteiger partial charge in [0.1, 0.15) is 5.60 Å². The third-order valence-corrected chi connectivity index (χ3v) is 6.45. The van der Waals surface area contributed by atoms with E-state index in [1.165, 1.54) is 0 Å². The van der Waals surface area contributed by atoms with Crippen LogP contribution in [0.1, 0.15) is 53.1 Å². The summed E-state index contributed by atoms with van der Waals surface area (Å²) in [4.78, 5) is 0. The highest BCUT2D eigenvalue weighted by molar-refractivity contribution is 5.48. The van der Waals surface area contributed by atoms with E-state index in [-0.39, 0.29) is 0 Å². The smallest absolute Gasteiger partial charge is 0.138 e. The molecule has 3 aromatic rings. The minimum Gasteiger partial charge on any atom is -0.374 e. The van der Waals surface area contributed by atoms with Crippen molar-refractivity contribution in [3.05, 3.63) is 126 Å². The molecule has 4 nitrogen and oxygen atoms in total. The molecule has 0 unspecified atom stereocenters. The van der Waals surface area contributed by atoms with E-state index in [9.17, 15) is 0 Å². The predicted molar refractivity (Wildman–Crippen MR) is 162 cm³/mol. The Labute approximate surface area is 234 Å². The van der Waals surface area contributed by atoms with Crippen molar-refractivity contribution >= 4 is 18.2 Å². The van der Waals surface area contributed by atoms with Gasteiger partial charge in [0.25, 0.3) is 0 Å². The van der Waals surface area contributed by atoms with Crippen LogP contribution in [0.3, 0.4) is 0 Å². The highest BCUT2D eigenvalue weighted by atomic mass is 16.6. The van der Waals surface area contributed by atoms with E-state index in [0.717, 1.165) is 46.2 Å². The average molecular weight is 527 g/mol. The summed E-state index contributed by atoms with van der Waals surface area (Å²) >= 11 is 0. The first-order valence-electron chi connectivity index (χ1n) is 13.6. The monoisotopic (exact) mass is 526 g/mol. The van der Waals surface area contributed by atoms with Crippen LogP contribution in [0.2, 0.25) is 0 Å². The zero-order valence-corrected chi connectivity index (χ0v) is 23.3. The molecule has 3 aromatic carbocycles. The average Bonchev–Trinajstić information content (AvgIpc) is 2.98. The van der Waals surface area contributed by atoms with Crippen LogP contribution in [-0.2, 0) is 38.8 Å². The van der Waals surface area contributed by atoms with Crippen LogP contribution in [0.25, 0.3) is 18.2 Å². The standard InChI is InChI=1S/C35H42O4/c1-5-9-22-39-35(26-36-23-32-16-10-29(6-2)11-17-32,27-37-24-33-18-12-30(7-3)13-19-33)28-38-25-34-20-14-31(8-4)15-21-34/h6-8,10-21H,2-5,9,22-28H2,1H3. The molecule has 3 rings (SSSR count). The Hall–Kier alpha value is -3.28. The van der Waals surface area contributed by atoms with Crippen molar-refractivity contribution in [2.24, 2.45) is 0 Å². The summed E-state index contributed by atoms with van der Waals surface area (Å²) in [5.74, 6) is 0. The van der Waals surface area contributed by atoms with Gasteiger partial charge in [-0.25, -0.2) is 0 Å². The maximum absolute atomic E-state index is 6.48. The van der Waals surface area contributed by atoms with E-state index in [0.29, 0.717) is 46.2 Å². The molecule has 0 atom stereocenters. The van der Waals surface area contributed by atoms with Gasteiger partial charge in [0.2, 0.25) is 0 Å². The molecule has 0 saturated carbocycles. The van der Waals surface area contributed by atoms with Gasteiger partial charge in [0.15, 0.2) is 0 Å². The Bertz CT molecular complexity index is 991. The summed E-state index contributed by atoms with van der Waals surface area (Å²) < 4.78 is 25.1. The second-order valence-electron chi connectivity index (χ2n) is 9.70. The number of hydrogen-bond donors (Lipinski definition) is 0. The second kappa shape index (κ2) is 16.6. The lowest BCUT2D eigenvalue weighted by molar-refractivity contribution is -0.173. The quantitative estimate of drug-likeness (QED) is 0.148. The molecule has 4 heteroatoms. The molecule has 0 aromatic heterocycles. The van der Waals surface area contributed by atoms with Crippen molar-refractivity contribution in [2.45, 2.75) is 45.2 Å². The maximum Gasteiger partial charge on any atom is 0.138 e. The largest absolute Gasteiger partial charge is 0.374 e. The van der Waals surface area contributed by atoms with Gasteiger partial charge in [-0.3, -0.25) is 0 Å². The molecule has 0 N–H and O–H groups in total. The predicted octanol–water partition coefficient (Wildman–Crippen LogP) is 8.12. The number of rotatable bonds is 19. The molecule has 0 spiro atoms. The van der Waals surface area contributed by atoms with Crippen LogP contribution in [0, 0.1) is 0 Å². The van der Waals surface area contributed by atoms with Crippen LogP contribution in [-0.4, -0.2) is 32.0 Å². The van der Waals surface area contributed by atoms with Gasteiger partial charge in [0.05, 0.1) is 39.6 Å². The maximum atomic E-state index is 6.48. The van der Waals surface area contributed by atoms with Gasteiger partial charge < -0.3 is 18.9 Å². The zero-order chi connectivity index (χ0) is 27.8. The van der Waals surface area contributed by atoms with Gasteiger partial charge in [-0.15, -0.1) is 0 Å². The van der Waals surface area contributed by atoms with E-state index in [1.54, 1.807) is 0 Å². The summed E-state index contributed by atoms with van der Waals surface area (Å²) in [7, 11) is 0.